The van der Waals surface area contributed by atoms with Gasteiger partial charge in [-0.1, -0.05) is 6.92 Å². The van der Waals surface area contributed by atoms with Crippen molar-refractivity contribution in [2.45, 2.75) is 32.8 Å². The van der Waals surface area contributed by atoms with Gasteiger partial charge in [0.25, 0.3) is 0 Å². The van der Waals surface area contributed by atoms with Gasteiger partial charge in [-0.3, -0.25) is 0 Å². The SMILES string of the molecule is CCC(C)(C)OC(=O)n1cccc1I. The number of aromatic nitrogens is 1. The summed E-state index contributed by atoms with van der Waals surface area (Å²) >= 11 is 2.10. The molecule has 0 N–H and O–H groups in total. The molecule has 0 amide bonds. The third-order valence-corrected chi connectivity index (χ3v) is 2.99. The molecule has 1 aromatic heterocycles. The molecule has 1 heterocycles. The van der Waals surface area contributed by atoms with Gasteiger partial charge in [0, 0.05) is 6.20 Å². The molecule has 1 rings (SSSR count). The molecule has 0 fully saturated rings. The molecule has 0 aliphatic carbocycles. The second-order valence-electron chi connectivity index (χ2n) is 3.68. The number of nitrogens with zero attached hydrogens (tertiary/aromatic N) is 1. The van der Waals surface area contributed by atoms with Gasteiger partial charge in [0.05, 0.1) is 3.70 Å². The zero-order valence-electron chi connectivity index (χ0n) is 8.58. The Bertz CT molecular complexity index is 331. The van der Waals surface area contributed by atoms with Crippen molar-refractivity contribution in [3.8, 4) is 0 Å². The first kappa shape index (κ1) is 11.6. The number of hydrogen-bond acceptors (Lipinski definition) is 2. The highest BCUT2D eigenvalue weighted by atomic mass is 127. The fourth-order valence-corrected chi connectivity index (χ4v) is 1.43. The second kappa shape index (κ2) is 4.33. The molecule has 14 heavy (non-hydrogen) atoms. The van der Waals surface area contributed by atoms with Crippen molar-refractivity contribution in [1.29, 1.82) is 0 Å². The quantitative estimate of drug-likeness (QED) is 0.785. The zero-order valence-corrected chi connectivity index (χ0v) is 10.7. The molecular weight excluding hydrogens is 293 g/mol. The first-order valence-corrected chi connectivity index (χ1v) is 5.60. The number of halogens is 1. The lowest BCUT2D eigenvalue weighted by Crippen LogP contribution is -2.29. The topological polar surface area (TPSA) is 31.2 Å². The van der Waals surface area contributed by atoms with Crippen LogP contribution in [0.5, 0.6) is 0 Å². The van der Waals surface area contributed by atoms with Crippen LogP contribution >= 0.6 is 22.6 Å². The molecule has 3 nitrogen and oxygen atoms in total. The average Bonchev–Trinajstić information content (AvgIpc) is 2.51. The summed E-state index contributed by atoms with van der Waals surface area (Å²) in [5, 5.41) is 0. The molecule has 1 aromatic rings. The van der Waals surface area contributed by atoms with Crippen LogP contribution in [0.2, 0.25) is 0 Å². The van der Waals surface area contributed by atoms with E-state index in [-0.39, 0.29) is 6.09 Å². The summed E-state index contributed by atoms with van der Waals surface area (Å²) in [5.41, 5.74) is -0.398. The minimum Gasteiger partial charge on any atom is -0.443 e. The van der Waals surface area contributed by atoms with Crippen LogP contribution in [0, 0.1) is 3.70 Å². The van der Waals surface area contributed by atoms with Crippen molar-refractivity contribution >= 4 is 28.7 Å². The summed E-state index contributed by atoms with van der Waals surface area (Å²) in [6.07, 6.45) is 2.19. The van der Waals surface area contributed by atoms with Gasteiger partial charge in [-0.15, -0.1) is 0 Å². The molecule has 78 valence electrons. The van der Waals surface area contributed by atoms with Crippen molar-refractivity contribution < 1.29 is 9.53 Å². The van der Waals surface area contributed by atoms with E-state index in [1.807, 2.05) is 32.9 Å². The monoisotopic (exact) mass is 307 g/mol. The predicted octanol–water partition coefficient (Wildman–Crippen LogP) is 3.27. The van der Waals surface area contributed by atoms with Crippen molar-refractivity contribution in [2.75, 3.05) is 0 Å². The van der Waals surface area contributed by atoms with Gasteiger partial charge in [0.2, 0.25) is 0 Å². The number of hydrogen-bond donors (Lipinski definition) is 0. The fourth-order valence-electron chi connectivity index (χ4n) is 0.866. The molecule has 0 saturated heterocycles. The molecule has 0 aromatic carbocycles. The van der Waals surface area contributed by atoms with Gasteiger partial charge in [-0.25, -0.2) is 9.36 Å². The van der Waals surface area contributed by atoms with E-state index in [0.717, 1.165) is 10.1 Å². The van der Waals surface area contributed by atoms with E-state index in [0.29, 0.717) is 0 Å². The molecule has 0 saturated carbocycles. The van der Waals surface area contributed by atoms with Crippen LogP contribution in [0.25, 0.3) is 0 Å². The van der Waals surface area contributed by atoms with Crippen LogP contribution in [0.4, 0.5) is 4.79 Å². The molecule has 0 aliphatic heterocycles. The van der Waals surface area contributed by atoms with Crippen LogP contribution < -0.4 is 0 Å². The summed E-state index contributed by atoms with van der Waals surface area (Å²) in [4.78, 5) is 11.6. The van der Waals surface area contributed by atoms with Gasteiger partial charge in [-0.05, 0) is 55.0 Å². The summed E-state index contributed by atoms with van der Waals surface area (Å²) in [5.74, 6) is 0. The molecule has 0 bridgehead atoms. The summed E-state index contributed by atoms with van der Waals surface area (Å²) in [6.45, 7) is 5.80. The number of ether oxygens (including phenoxy) is 1. The molecule has 4 heteroatoms. The lowest BCUT2D eigenvalue weighted by atomic mass is 10.1. The highest BCUT2D eigenvalue weighted by molar-refractivity contribution is 14.1. The van der Waals surface area contributed by atoms with Crippen LogP contribution in [0.3, 0.4) is 0 Å². The van der Waals surface area contributed by atoms with E-state index in [1.54, 1.807) is 6.20 Å². The van der Waals surface area contributed by atoms with Gasteiger partial charge >= 0.3 is 6.09 Å². The van der Waals surface area contributed by atoms with Crippen molar-refractivity contribution in [3.63, 3.8) is 0 Å². The minimum absolute atomic E-state index is 0.314. The van der Waals surface area contributed by atoms with E-state index >= 15 is 0 Å². The molecule has 0 unspecified atom stereocenters. The maximum atomic E-state index is 11.6. The largest absolute Gasteiger partial charge is 0.443 e. The van der Waals surface area contributed by atoms with Gasteiger partial charge in [0.1, 0.15) is 5.60 Å². The Labute approximate surface area is 97.6 Å². The predicted molar refractivity (Wildman–Crippen MR) is 63.4 cm³/mol. The Morgan fingerprint density at radius 1 is 1.64 bits per heavy atom. The Balaban J connectivity index is 2.73. The standard InChI is InChI=1S/C10H14INO2/c1-4-10(2,3)14-9(13)12-7-5-6-8(12)11/h5-7H,4H2,1-3H3. The maximum Gasteiger partial charge on any atom is 0.419 e. The van der Waals surface area contributed by atoms with Crippen LogP contribution in [0.1, 0.15) is 27.2 Å². The highest BCUT2D eigenvalue weighted by Gasteiger charge is 2.21. The molecule has 0 atom stereocenters. The van der Waals surface area contributed by atoms with E-state index < -0.39 is 5.60 Å². The maximum absolute atomic E-state index is 11.6. The minimum atomic E-state index is -0.398. The summed E-state index contributed by atoms with van der Waals surface area (Å²) < 4.78 is 7.69. The Morgan fingerprint density at radius 2 is 2.29 bits per heavy atom. The highest BCUT2D eigenvalue weighted by Crippen LogP contribution is 2.16. The smallest absolute Gasteiger partial charge is 0.419 e. The summed E-state index contributed by atoms with van der Waals surface area (Å²) in [7, 11) is 0. The zero-order chi connectivity index (χ0) is 10.8. The van der Waals surface area contributed by atoms with Crippen LogP contribution in [-0.2, 0) is 4.74 Å². The first-order chi connectivity index (χ1) is 6.46. The average molecular weight is 307 g/mol. The van der Waals surface area contributed by atoms with Crippen molar-refractivity contribution in [1.82, 2.24) is 4.57 Å². The second-order valence-corrected chi connectivity index (χ2v) is 4.79. The Hall–Kier alpha value is -0.520. The van der Waals surface area contributed by atoms with Gasteiger partial charge in [0.15, 0.2) is 0 Å². The number of rotatable bonds is 2. The van der Waals surface area contributed by atoms with E-state index in [4.69, 9.17) is 4.74 Å². The number of carbonyl (C=O) groups excluding carboxylic acids is 1. The number of carbonyl (C=O) groups is 1. The van der Waals surface area contributed by atoms with E-state index in [1.165, 1.54) is 4.57 Å². The molecule has 0 radical (unpaired) electrons. The van der Waals surface area contributed by atoms with E-state index in [2.05, 4.69) is 22.6 Å². The van der Waals surface area contributed by atoms with Crippen LogP contribution in [0.15, 0.2) is 18.3 Å². The fraction of sp³-hybridized carbons (Fsp3) is 0.500. The summed E-state index contributed by atoms with van der Waals surface area (Å²) in [6, 6.07) is 3.68. The Morgan fingerprint density at radius 3 is 2.71 bits per heavy atom. The van der Waals surface area contributed by atoms with Gasteiger partial charge < -0.3 is 4.74 Å². The lowest BCUT2D eigenvalue weighted by Gasteiger charge is -2.23. The van der Waals surface area contributed by atoms with Crippen molar-refractivity contribution in [3.05, 3.63) is 22.0 Å². The lowest BCUT2D eigenvalue weighted by molar-refractivity contribution is 0.0368. The molecule has 0 spiro atoms. The van der Waals surface area contributed by atoms with E-state index in [9.17, 15) is 4.79 Å². The third kappa shape index (κ3) is 2.73. The molecule has 0 aliphatic rings. The van der Waals surface area contributed by atoms with Crippen LogP contribution in [-0.4, -0.2) is 16.3 Å². The third-order valence-electron chi connectivity index (χ3n) is 2.11. The molecular formula is C10H14INO2. The first-order valence-electron chi connectivity index (χ1n) is 4.52. The van der Waals surface area contributed by atoms with Gasteiger partial charge in [-0.2, -0.15) is 0 Å². The Kier molecular flexibility index (Phi) is 3.58. The van der Waals surface area contributed by atoms with Crippen molar-refractivity contribution in [2.24, 2.45) is 0 Å². The normalized spacial score (nSPS) is 11.4.